The highest BCUT2D eigenvalue weighted by atomic mass is 32.2. The van der Waals surface area contributed by atoms with Crippen LogP contribution in [-0.2, 0) is 10.1 Å². The third-order valence-corrected chi connectivity index (χ3v) is 5.84. The maximum absolute atomic E-state index is 10.8. The van der Waals surface area contributed by atoms with Crippen LogP contribution in [0, 0.1) is 0 Å². The normalized spacial score (nSPS) is 12.2. The first-order valence-corrected chi connectivity index (χ1v) is 12.1. The Labute approximate surface area is 163 Å². The van der Waals surface area contributed by atoms with Gasteiger partial charge in [-0.15, -0.1) is 0 Å². The highest BCUT2D eigenvalue weighted by Gasteiger charge is 2.16. The van der Waals surface area contributed by atoms with Crippen LogP contribution in [0.25, 0.3) is 0 Å². The molecule has 26 heavy (non-hydrogen) atoms. The van der Waals surface area contributed by atoms with E-state index >= 15 is 0 Å². The summed E-state index contributed by atoms with van der Waals surface area (Å²) in [5.74, 6) is -0.118. The summed E-state index contributed by atoms with van der Waals surface area (Å²) < 4.78 is 31.1. The summed E-state index contributed by atoms with van der Waals surface area (Å²) in [5, 5.41) is 0. The van der Waals surface area contributed by atoms with Crippen LogP contribution in [0.1, 0.15) is 96.8 Å². The van der Waals surface area contributed by atoms with Gasteiger partial charge in [0.1, 0.15) is 0 Å². The molecule has 6 heteroatoms. The van der Waals surface area contributed by atoms with Gasteiger partial charge in [0.25, 0.3) is 10.1 Å². The van der Waals surface area contributed by atoms with Gasteiger partial charge >= 0.3 is 0 Å². The van der Waals surface area contributed by atoms with Crippen LogP contribution in [0.5, 0.6) is 0 Å². The molecule has 0 saturated carbocycles. The van der Waals surface area contributed by atoms with Crippen molar-refractivity contribution in [1.29, 1.82) is 0 Å². The number of unbranched alkanes of at least 4 members (excludes halogenated alkanes) is 12. The van der Waals surface area contributed by atoms with Crippen LogP contribution in [0.2, 0.25) is 0 Å². The van der Waals surface area contributed by atoms with Gasteiger partial charge in [0.2, 0.25) is 0 Å². The molecule has 0 spiro atoms. The lowest BCUT2D eigenvalue weighted by atomic mass is 10.0. The summed E-state index contributed by atoms with van der Waals surface area (Å²) in [6, 6.07) is 0. The molecule has 0 fully saturated rings. The highest BCUT2D eigenvalue weighted by Crippen LogP contribution is 2.13. The predicted octanol–water partition coefficient (Wildman–Crippen LogP) is 5.26. The van der Waals surface area contributed by atoms with Gasteiger partial charge in [0.15, 0.2) is 0 Å². The molecule has 0 aliphatic heterocycles. The standard InChI is InChI=1S/C20H43NO3S.H2O/c1-4-5-6-7-8-9-10-11-12-13-14-15-16-18-21(2,3)19-17-20-25(22,23)24;/h4-20H2,1-3H3;1H2. The zero-order valence-corrected chi connectivity index (χ0v) is 18.4. The summed E-state index contributed by atoms with van der Waals surface area (Å²) in [7, 11) is 0.482. The maximum atomic E-state index is 10.8. The Balaban J connectivity index is 0. The van der Waals surface area contributed by atoms with Crippen molar-refractivity contribution in [3.05, 3.63) is 0 Å². The van der Waals surface area contributed by atoms with Crippen molar-refractivity contribution in [1.82, 2.24) is 0 Å². The molecule has 0 aromatic carbocycles. The minimum Gasteiger partial charge on any atom is -0.870 e. The topological polar surface area (TPSA) is 84.4 Å². The van der Waals surface area contributed by atoms with E-state index in [2.05, 4.69) is 21.0 Å². The molecule has 0 aromatic heterocycles. The second kappa shape index (κ2) is 17.0. The molecule has 0 saturated heterocycles. The van der Waals surface area contributed by atoms with Gasteiger partial charge < -0.3 is 9.96 Å². The molecule has 2 N–H and O–H groups in total. The average molecular weight is 396 g/mol. The van der Waals surface area contributed by atoms with Crippen molar-refractivity contribution in [2.75, 3.05) is 32.9 Å². The summed E-state index contributed by atoms with van der Waals surface area (Å²) in [6.45, 7) is 4.16. The average Bonchev–Trinajstić information content (AvgIpc) is 2.50. The van der Waals surface area contributed by atoms with Crippen LogP contribution in [0.4, 0.5) is 0 Å². The molecule has 5 nitrogen and oxygen atoms in total. The number of quaternary nitrogens is 1. The van der Waals surface area contributed by atoms with E-state index in [1.165, 1.54) is 83.5 Å². The molecule has 160 valence electrons. The molecule has 0 atom stereocenters. The van der Waals surface area contributed by atoms with Gasteiger partial charge in [0, 0.05) is 6.42 Å². The second-order valence-electron chi connectivity index (χ2n) is 8.27. The lowest BCUT2D eigenvalue weighted by molar-refractivity contribution is -0.890. The van der Waals surface area contributed by atoms with Crippen molar-refractivity contribution >= 4 is 10.1 Å². The van der Waals surface area contributed by atoms with Gasteiger partial charge in [-0.25, -0.2) is 0 Å². The Morgan fingerprint density at radius 2 is 1.00 bits per heavy atom. The largest absolute Gasteiger partial charge is 0.870 e. The highest BCUT2D eigenvalue weighted by molar-refractivity contribution is 7.85. The molecular weight excluding hydrogens is 350 g/mol. The molecule has 0 radical (unpaired) electrons. The molecule has 0 rings (SSSR count). The minimum absolute atomic E-state index is 0. The third-order valence-electron chi connectivity index (χ3n) is 5.03. The zero-order chi connectivity index (χ0) is 19.0. The Bertz CT molecular complexity index is 397. The summed E-state index contributed by atoms with van der Waals surface area (Å²) in [6.07, 6.45) is 18.3. The smallest absolute Gasteiger partial charge is 0.265 e. The van der Waals surface area contributed by atoms with E-state index in [1.807, 2.05) is 0 Å². The van der Waals surface area contributed by atoms with Crippen molar-refractivity contribution in [2.45, 2.75) is 96.8 Å². The molecule has 0 unspecified atom stereocenters. The fourth-order valence-corrected chi connectivity index (χ4v) is 3.84. The van der Waals surface area contributed by atoms with E-state index in [4.69, 9.17) is 4.55 Å². The Morgan fingerprint density at radius 1 is 0.654 bits per heavy atom. The number of nitrogens with zero attached hydrogens (tertiary/aromatic N) is 1. The Morgan fingerprint density at radius 3 is 1.38 bits per heavy atom. The SMILES string of the molecule is CCCCCCCCCCCCCCC[N+](C)(C)CCCS(=O)(=O)O.[OH-]. The monoisotopic (exact) mass is 395 g/mol. The molecule has 0 bridgehead atoms. The first kappa shape index (κ1) is 28.0. The van der Waals surface area contributed by atoms with Crippen LogP contribution < -0.4 is 0 Å². The third kappa shape index (κ3) is 21.9. The minimum atomic E-state index is -3.81. The van der Waals surface area contributed by atoms with E-state index in [0.29, 0.717) is 6.42 Å². The summed E-state index contributed by atoms with van der Waals surface area (Å²) in [5.41, 5.74) is 0. The predicted molar refractivity (Wildman–Crippen MR) is 111 cm³/mol. The fourth-order valence-electron chi connectivity index (χ4n) is 3.34. The van der Waals surface area contributed by atoms with Gasteiger partial charge in [-0.05, 0) is 12.8 Å². The van der Waals surface area contributed by atoms with E-state index in [9.17, 15) is 8.42 Å². The first-order chi connectivity index (χ1) is 11.8. The lowest BCUT2D eigenvalue weighted by Crippen LogP contribution is -2.41. The lowest BCUT2D eigenvalue weighted by Gasteiger charge is -2.29. The molecule has 0 aliphatic carbocycles. The summed E-state index contributed by atoms with van der Waals surface area (Å²) in [4.78, 5) is 0. The maximum Gasteiger partial charge on any atom is 0.265 e. The van der Waals surface area contributed by atoms with Gasteiger partial charge in [-0.3, -0.25) is 4.55 Å². The number of hydrogen-bond acceptors (Lipinski definition) is 3. The van der Waals surface area contributed by atoms with Crippen LogP contribution in [-0.4, -0.2) is 55.9 Å². The molecular formula is C20H45NO4S. The van der Waals surface area contributed by atoms with Crippen molar-refractivity contribution in [3.8, 4) is 0 Å². The van der Waals surface area contributed by atoms with Crippen LogP contribution in [0.15, 0.2) is 0 Å². The summed E-state index contributed by atoms with van der Waals surface area (Å²) >= 11 is 0. The Kier molecular flexibility index (Phi) is 18.3. The van der Waals surface area contributed by atoms with Gasteiger partial charge in [0.05, 0.1) is 32.9 Å². The molecule has 0 heterocycles. The second-order valence-corrected chi connectivity index (χ2v) is 9.84. The molecule has 0 aliphatic rings. The Hall–Kier alpha value is -0.170. The fraction of sp³-hybridized carbons (Fsp3) is 1.00. The van der Waals surface area contributed by atoms with Crippen molar-refractivity contribution < 1.29 is 22.9 Å². The van der Waals surface area contributed by atoms with Crippen molar-refractivity contribution in [3.63, 3.8) is 0 Å². The van der Waals surface area contributed by atoms with Gasteiger partial charge in [-0.1, -0.05) is 77.6 Å². The quantitative estimate of drug-likeness (QED) is 0.195. The van der Waals surface area contributed by atoms with E-state index in [0.717, 1.165) is 17.6 Å². The van der Waals surface area contributed by atoms with Crippen LogP contribution >= 0.6 is 0 Å². The van der Waals surface area contributed by atoms with Crippen LogP contribution in [0.3, 0.4) is 0 Å². The van der Waals surface area contributed by atoms with E-state index in [1.54, 1.807) is 0 Å². The molecule has 0 amide bonds. The number of rotatable bonds is 18. The van der Waals surface area contributed by atoms with Gasteiger partial charge in [-0.2, -0.15) is 8.42 Å². The number of hydrogen-bond donors (Lipinski definition) is 1. The first-order valence-electron chi connectivity index (χ1n) is 10.5. The van der Waals surface area contributed by atoms with Crippen molar-refractivity contribution in [2.24, 2.45) is 0 Å². The molecule has 0 aromatic rings. The van der Waals surface area contributed by atoms with E-state index in [-0.39, 0.29) is 11.2 Å². The van der Waals surface area contributed by atoms with E-state index < -0.39 is 10.1 Å². The zero-order valence-electron chi connectivity index (χ0n) is 17.6.